The van der Waals surface area contributed by atoms with E-state index < -0.39 is 12.1 Å². The van der Waals surface area contributed by atoms with Crippen LogP contribution in [0.1, 0.15) is 41.9 Å². The minimum Gasteiger partial charge on any atom is -0.394 e. The quantitative estimate of drug-likeness (QED) is 0.229. The van der Waals surface area contributed by atoms with Gasteiger partial charge in [-0.3, -0.25) is 4.79 Å². The average molecular weight is 505 g/mol. The standard InChI is InChI=1S/C26H32N8O3/c1-3-33(4-2)15-14-27-25(37)19-10-12-20(13-11-19)29-26-28-16-21-24(30-26)34(32-31-21)22(17-35)23(36)18-8-6-5-7-9-18/h5-13,16,22-23,35-36H,3-4,14-15,17H2,1-2H3,(H,27,37)(H,28,29,30)/t22-,23-/m0/s1. The molecule has 4 N–H and O–H groups in total. The van der Waals surface area contributed by atoms with Crippen molar-refractivity contribution in [1.29, 1.82) is 0 Å². The van der Waals surface area contributed by atoms with Crippen LogP contribution in [-0.4, -0.2) is 78.8 Å². The van der Waals surface area contributed by atoms with E-state index in [0.717, 1.165) is 19.6 Å². The highest BCUT2D eigenvalue weighted by molar-refractivity contribution is 5.94. The summed E-state index contributed by atoms with van der Waals surface area (Å²) in [5, 5.41) is 35.1. The fourth-order valence-corrected chi connectivity index (χ4v) is 4.01. The van der Waals surface area contributed by atoms with Crippen LogP contribution in [0, 0.1) is 0 Å². The molecule has 4 aromatic rings. The number of hydrogen-bond acceptors (Lipinski definition) is 9. The lowest BCUT2D eigenvalue weighted by Crippen LogP contribution is -2.34. The van der Waals surface area contributed by atoms with Crippen molar-refractivity contribution in [3.63, 3.8) is 0 Å². The molecule has 1 amide bonds. The smallest absolute Gasteiger partial charge is 0.251 e. The predicted octanol–water partition coefficient (Wildman–Crippen LogP) is 2.30. The molecule has 0 saturated heterocycles. The highest BCUT2D eigenvalue weighted by Gasteiger charge is 2.26. The second kappa shape index (κ2) is 12.3. The van der Waals surface area contributed by atoms with E-state index in [4.69, 9.17) is 0 Å². The first-order valence-corrected chi connectivity index (χ1v) is 12.3. The Hall–Kier alpha value is -3.93. The number of anilines is 2. The zero-order valence-corrected chi connectivity index (χ0v) is 20.9. The molecule has 0 aliphatic heterocycles. The molecule has 0 unspecified atom stereocenters. The molecule has 2 aromatic heterocycles. The number of likely N-dealkylation sites (N-methyl/N-ethyl adjacent to an activating group) is 1. The second-order valence-electron chi connectivity index (χ2n) is 8.53. The molecule has 0 aliphatic carbocycles. The minimum atomic E-state index is -1.01. The number of aromatic nitrogens is 5. The SMILES string of the molecule is CCN(CC)CCNC(=O)c1ccc(Nc2ncc3nnn([C@@H](CO)[C@@H](O)c4ccccc4)c3n2)cc1. The van der Waals surface area contributed by atoms with Crippen LogP contribution >= 0.6 is 0 Å². The van der Waals surface area contributed by atoms with Gasteiger partial charge in [-0.15, -0.1) is 5.10 Å². The monoisotopic (exact) mass is 504 g/mol. The van der Waals surface area contributed by atoms with E-state index >= 15 is 0 Å². The lowest BCUT2D eigenvalue weighted by atomic mass is 10.0. The van der Waals surface area contributed by atoms with Gasteiger partial charge < -0.3 is 25.7 Å². The van der Waals surface area contributed by atoms with Crippen molar-refractivity contribution in [2.45, 2.75) is 26.0 Å². The van der Waals surface area contributed by atoms with Crippen molar-refractivity contribution in [3.8, 4) is 0 Å². The molecule has 194 valence electrons. The van der Waals surface area contributed by atoms with Crippen molar-refractivity contribution in [2.24, 2.45) is 0 Å². The molecular formula is C26H32N8O3. The number of aliphatic hydroxyl groups is 2. The van der Waals surface area contributed by atoms with Crippen molar-refractivity contribution < 1.29 is 15.0 Å². The van der Waals surface area contributed by atoms with Crippen molar-refractivity contribution >= 4 is 28.7 Å². The van der Waals surface area contributed by atoms with Gasteiger partial charge in [-0.05, 0) is 42.9 Å². The number of carbonyl (C=O) groups is 1. The Morgan fingerprint density at radius 1 is 1.08 bits per heavy atom. The van der Waals surface area contributed by atoms with Gasteiger partial charge >= 0.3 is 0 Å². The summed E-state index contributed by atoms with van der Waals surface area (Å²) in [6.45, 7) is 7.13. The van der Waals surface area contributed by atoms with E-state index in [1.807, 2.05) is 18.2 Å². The topological polar surface area (TPSA) is 141 Å². The number of amides is 1. The number of nitrogens with one attached hydrogen (secondary N) is 2. The first-order chi connectivity index (χ1) is 18.0. The summed E-state index contributed by atoms with van der Waals surface area (Å²) in [4.78, 5) is 23.5. The fraction of sp³-hybridized carbons (Fsp3) is 0.346. The van der Waals surface area contributed by atoms with Gasteiger partial charge in [0.2, 0.25) is 5.95 Å². The van der Waals surface area contributed by atoms with Gasteiger partial charge in [-0.2, -0.15) is 4.98 Å². The number of nitrogens with zero attached hydrogens (tertiary/aromatic N) is 6. The van der Waals surface area contributed by atoms with Crippen LogP contribution in [0.15, 0.2) is 60.8 Å². The van der Waals surface area contributed by atoms with Crippen molar-refractivity contribution in [1.82, 2.24) is 35.2 Å². The molecule has 37 heavy (non-hydrogen) atoms. The summed E-state index contributed by atoms with van der Waals surface area (Å²) in [7, 11) is 0. The number of benzene rings is 2. The van der Waals surface area contributed by atoms with Crippen LogP contribution in [-0.2, 0) is 0 Å². The van der Waals surface area contributed by atoms with E-state index in [1.54, 1.807) is 36.4 Å². The molecule has 0 aliphatic rings. The lowest BCUT2D eigenvalue weighted by Gasteiger charge is -2.21. The molecular weight excluding hydrogens is 472 g/mol. The molecule has 2 atom stereocenters. The van der Waals surface area contributed by atoms with Crippen LogP contribution < -0.4 is 10.6 Å². The Morgan fingerprint density at radius 3 is 2.49 bits per heavy atom. The van der Waals surface area contributed by atoms with Crippen LogP contribution in [0.2, 0.25) is 0 Å². The van der Waals surface area contributed by atoms with E-state index in [-0.39, 0.29) is 12.5 Å². The van der Waals surface area contributed by atoms with Gasteiger partial charge in [-0.1, -0.05) is 49.4 Å². The third-order valence-corrected chi connectivity index (χ3v) is 6.23. The number of carbonyl (C=O) groups excluding carboxylic acids is 1. The Kier molecular flexibility index (Phi) is 8.72. The summed E-state index contributed by atoms with van der Waals surface area (Å²) in [6, 6.07) is 15.3. The van der Waals surface area contributed by atoms with Gasteiger partial charge in [0.1, 0.15) is 12.1 Å². The Labute approximate surface area is 215 Å². The summed E-state index contributed by atoms with van der Waals surface area (Å²) >= 11 is 0. The molecule has 0 radical (unpaired) electrons. The van der Waals surface area contributed by atoms with Gasteiger partial charge in [0, 0.05) is 24.3 Å². The van der Waals surface area contributed by atoms with Gasteiger partial charge in [-0.25, -0.2) is 9.67 Å². The number of aliphatic hydroxyl groups excluding tert-OH is 2. The summed E-state index contributed by atoms with van der Waals surface area (Å²) in [5.74, 6) is 0.164. The molecule has 4 rings (SSSR count). The van der Waals surface area contributed by atoms with Gasteiger partial charge in [0.25, 0.3) is 5.91 Å². The average Bonchev–Trinajstić information content (AvgIpc) is 3.35. The number of hydrogen-bond donors (Lipinski definition) is 4. The molecule has 11 nitrogen and oxygen atoms in total. The first-order valence-electron chi connectivity index (χ1n) is 12.3. The van der Waals surface area contributed by atoms with Crippen molar-refractivity contribution in [2.75, 3.05) is 38.1 Å². The normalized spacial score (nSPS) is 13.0. The molecule has 2 heterocycles. The highest BCUT2D eigenvalue weighted by atomic mass is 16.3. The molecule has 2 aromatic carbocycles. The zero-order chi connectivity index (χ0) is 26.2. The maximum absolute atomic E-state index is 12.4. The van der Waals surface area contributed by atoms with Crippen molar-refractivity contribution in [3.05, 3.63) is 71.9 Å². The van der Waals surface area contributed by atoms with E-state index in [1.165, 1.54) is 10.9 Å². The van der Waals surface area contributed by atoms with E-state index in [2.05, 4.69) is 49.7 Å². The third kappa shape index (κ3) is 6.26. The predicted molar refractivity (Wildman–Crippen MR) is 140 cm³/mol. The third-order valence-electron chi connectivity index (χ3n) is 6.23. The number of rotatable bonds is 12. The molecule has 0 bridgehead atoms. The van der Waals surface area contributed by atoms with Gasteiger partial charge in [0.05, 0.1) is 12.8 Å². The maximum atomic E-state index is 12.4. The summed E-state index contributed by atoms with van der Waals surface area (Å²) < 4.78 is 1.41. The Morgan fingerprint density at radius 2 is 1.81 bits per heavy atom. The van der Waals surface area contributed by atoms with Gasteiger partial charge in [0.15, 0.2) is 11.2 Å². The highest BCUT2D eigenvalue weighted by Crippen LogP contribution is 2.27. The van der Waals surface area contributed by atoms with Crippen LogP contribution in [0.25, 0.3) is 11.2 Å². The van der Waals surface area contributed by atoms with Crippen LogP contribution in [0.4, 0.5) is 11.6 Å². The van der Waals surface area contributed by atoms with Crippen LogP contribution in [0.3, 0.4) is 0 Å². The first kappa shape index (κ1) is 26.1. The van der Waals surface area contributed by atoms with E-state index in [9.17, 15) is 15.0 Å². The summed E-state index contributed by atoms with van der Waals surface area (Å²) in [5.41, 5.74) is 2.71. The molecule has 0 fully saturated rings. The number of fused-ring (bicyclic) bond motifs is 1. The van der Waals surface area contributed by atoms with Crippen LogP contribution in [0.5, 0.6) is 0 Å². The largest absolute Gasteiger partial charge is 0.394 e. The maximum Gasteiger partial charge on any atom is 0.251 e. The lowest BCUT2D eigenvalue weighted by molar-refractivity contribution is 0.0673. The van der Waals surface area contributed by atoms with E-state index in [0.29, 0.717) is 40.5 Å². The Balaban J connectivity index is 1.45. The zero-order valence-electron chi connectivity index (χ0n) is 20.9. The molecule has 0 spiro atoms. The minimum absolute atomic E-state index is 0.127. The summed E-state index contributed by atoms with van der Waals surface area (Å²) in [6.07, 6.45) is 0.517. The second-order valence-corrected chi connectivity index (χ2v) is 8.53. The molecule has 0 saturated carbocycles. The fourth-order valence-electron chi connectivity index (χ4n) is 4.01. The Bertz CT molecular complexity index is 1290. The molecule has 11 heteroatoms.